The summed E-state index contributed by atoms with van der Waals surface area (Å²) in [6, 6.07) is 0. The molecule has 2 saturated heterocycles. The van der Waals surface area contributed by atoms with Gasteiger partial charge in [0.15, 0.2) is 5.78 Å². The summed E-state index contributed by atoms with van der Waals surface area (Å²) in [6.07, 6.45) is 3.71. The highest BCUT2D eigenvalue weighted by Crippen LogP contribution is 2.39. The third-order valence-electron chi connectivity index (χ3n) is 2.86. The number of Topliss-reactive ketones (excluding diaryl/α,β-unsaturated/α-hetero) is 1. The number of hydrogen-bond donors (Lipinski definition) is 0. The molecule has 0 amide bonds. The first-order valence-corrected chi connectivity index (χ1v) is 4.53. The maximum atomic E-state index is 11.6. The van der Waals surface area contributed by atoms with Crippen LogP contribution in [-0.2, 0) is 9.53 Å². The fourth-order valence-corrected chi connectivity index (χ4v) is 2.23. The molecular formula is C10H14O2. The molecule has 0 radical (unpaired) electrons. The van der Waals surface area contributed by atoms with Crippen molar-refractivity contribution >= 4 is 5.78 Å². The fourth-order valence-electron chi connectivity index (χ4n) is 2.23. The molecule has 2 bridgehead atoms. The molecule has 12 heavy (non-hydrogen) atoms. The van der Waals surface area contributed by atoms with E-state index < -0.39 is 0 Å². The summed E-state index contributed by atoms with van der Waals surface area (Å²) < 4.78 is 5.59. The molecule has 2 aliphatic heterocycles. The third-order valence-corrected chi connectivity index (χ3v) is 2.86. The Hall–Kier alpha value is -0.630. The summed E-state index contributed by atoms with van der Waals surface area (Å²) in [4.78, 5) is 11.6. The first kappa shape index (κ1) is 7.99. The third kappa shape index (κ3) is 1.11. The molecule has 3 unspecified atom stereocenters. The monoisotopic (exact) mass is 166 g/mol. The highest BCUT2D eigenvalue weighted by Gasteiger charge is 2.44. The van der Waals surface area contributed by atoms with Crippen LogP contribution in [0, 0.1) is 5.92 Å². The van der Waals surface area contributed by atoms with Crippen molar-refractivity contribution in [2.24, 2.45) is 5.92 Å². The van der Waals surface area contributed by atoms with E-state index in [1.54, 1.807) is 6.92 Å². The molecule has 0 spiro atoms. The lowest BCUT2D eigenvalue weighted by Gasteiger charge is -2.16. The van der Waals surface area contributed by atoms with Gasteiger partial charge in [-0.2, -0.15) is 0 Å². The maximum absolute atomic E-state index is 11.6. The van der Waals surface area contributed by atoms with Gasteiger partial charge in [-0.1, -0.05) is 6.58 Å². The van der Waals surface area contributed by atoms with Crippen LogP contribution in [0.15, 0.2) is 12.2 Å². The summed E-state index contributed by atoms with van der Waals surface area (Å²) in [5.41, 5.74) is 0.677. The minimum absolute atomic E-state index is 0.126. The molecular weight excluding hydrogens is 152 g/mol. The number of ketones is 1. The molecule has 0 aromatic carbocycles. The molecule has 2 heterocycles. The van der Waals surface area contributed by atoms with Crippen LogP contribution in [0.25, 0.3) is 0 Å². The lowest BCUT2D eigenvalue weighted by atomic mass is 9.84. The zero-order chi connectivity index (χ0) is 8.72. The van der Waals surface area contributed by atoms with Crippen LogP contribution in [0.4, 0.5) is 0 Å². The lowest BCUT2D eigenvalue weighted by Crippen LogP contribution is -2.25. The number of ether oxygens (including phenoxy) is 1. The van der Waals surface area contributed by atoms with E-state index in [0.29, 0.717) is 11.7 Å². The van der Waals surface area contributed by atoms with Crippen molar-refractivity contribution in [2.75, 3.05) is 0 Å². The van der Waals surface area contributed by atoms with E-state index in [-0.39, 0.29) is 17.8 Å². The van der Waals surface area contributed by atoms with E-state index in [1.807, 2.05) is 0 Å². The van der Waals surface area contributed by atoms with Gasteiger partial charge in [0, 0.05) is 0 Å². The number of carbonyl (C=O) groups excluding carboxylic acids is 1. The SMILES string of the molecule is C=C(C)C(=O)C1CC2CCC1O2. The second kappa shape index (κ2) is 2.70. The van der Waals surface area contributed by atoms with E-state index in [4.69, 9.17) is 4.74 Å². The Morgan fingerprint density at radius 1 is 1.50 bits per heavy atom. The molecule has 2 nitrogen and oxygen atoms in total. The molecule has 66 valence electrons. The van der Waals surface area contributed by atoms with Crippen molar-refractivity contribution in [3.63, 3.8) is 0 Å². The van der Waals surface area contributed by atoms with E-state index >= 15 is 0 Å². The Kier molecular flexibility index (Phi) is 1.80. The van der Waals surface area contributed by atoms with Crippen molar-refractivity contribution in [1.29, 1.82) is 0 Å². The van der Waals surface area contributed by atoms with E-state index in [9.17, 15) is 4.79 Å². The number of hydrogen-bond acceptors (Lipinski definition) is 2. The fraction of sp³-hybridized carbons (Fsp3) is 0.700. The molecule has 2 fully saturated rings. The topological polar surface area (TPSA) is 26.3 Å². The van der Waals surface area contributed by atoms with Crippen LogP contribution in [0.3, 0.4) is 0 Å². The van der Waals surface area contributed by atoms with Crippen molar-refractivity contribution in [1.82, 2.24) is 0 Å². The molecule has 3 atom stereocenters. The molecule has 0 saturated carbocycles. The summed E-state index contributed by atoms with van der Waals surface area (Å²) in [6.45, 7) is 5.46. The van der Waals surface area contributed by atoms with E-state index in [0.717, 1.165) is 19.3 Å². The van der Waals surface area contributed by atoms with Crippen molar-refractivity contribution < 1.29 is 9.53 Å². The van der Waals surface area contributed by atoms with Crippen LogP contribution >= 0.6 is 0 Å². The summed E-state index contributed by atoms with van der Waals surface area (Å²) in [7, 11) is 0. The van der Waals surface area contributed by atoms with Crippen LogP contribution in [0.5, 0.6) is 0 Å². The highest BCUT2D eigenvalue weighted by molar-refractivity contribution is 5.96. The molecule has 2 rings (SSSR count). The lowest BCUT2D eigenvalue weighted by molar-refractivity contribution is -0.120. The maximum Gasteiger partial charge on any atom is 0.163 e. The molecule has 2 heteroatoms. The highest BCUT2D eigenvalue weighted by atomic mass is 16.5. The number of fused-ring (bicyclic) bond motifs is 2. The first-order chi connectivity index (χ1) is 5.68. The van der Waals surface area contributed by atoms with Gasteiger partial charge in [0.05, 0.1) is 18.1 Å². The Balaban J connectivity index is 2.07. The zero-order valence-electron chi connectivity index (χ0n) is 7.38. The smallest absolute Gasteiger partial charge is 0.163 e. The van der Waals surface area contributed by atoms with Gasteiger partial charge in [0.25, 0.3) is 0 Å². The second-order valence-corrected chi connectivity index (χ2v) is 3.86. The molecule has 0 N–H and O–H groups in total. The van der Waals surface area contributed by atoms with Gasteiger partial charge in [-0.15, -0.1) is 0 Å². The van der Waals surface area contributed by atoms with Gasteiger partial charge in [-0.3, -0.25) is 4.79 Å². The quantitative estimate of drug-likeness (QED) is 0.583. The number of rotatable bonds is 2. The predicted molar refractivity (Wildman–Crippen MR) is 45.8 cm³/mol. The van der Waals surface area contributed by atoms with Gasteiger partial charge in [0.2, 0.25) is 0 Å². The predicted octanol–water partition coefficient (Wildman–Crippen LogP) is 1.70. The largest absolute Gasteiger partial charge is 0.374 e. The molecule has 0 aromatic rings. The summed E-state index contributed by atoms with van der Waals surface area (Å²) in [5, 5.41) is 0. The minimum atomic E-state index is 0.126. The summed E-state index contributed by atoms with van der Waals surface area (Å²) >= 11 is 0. The van der Waals surface area contributed by atoms with Gasteiger partial charge >= 0.3 is 0 Å². The van der Waals surface area contributed by atoms with Crippen molar-refractivity contribution in [2.45, 2.75) is 38.4 Å². The Morgan fingerprint density at radius 2 is 2.25 bits per heavy atom. The second-order valence-electron chi connectivity index (χ2n) is 3.86. The molecule has 2 aliphatic rings. The van der Waals surface area contributed by atoms with Crippen LogP contribution in [0.1, 0.15) is 26.2 Å². The van der Waals surface area contributed by atoms with Crippen molar-refractivity contribution in [3.8, 4) is 0 Å². The summed E-state index contributed by atoms with van der Waals surface area (Å²) in [5.74, 6) is 0.337. The minimum Gasteiger partial charge on any atom is -0.374 e. The van der Waals surface area contributed by atoms with Crippen LogP contribution < -0.4 is 0 Å². The number of carbonyl (C=O) groups is 1. The van der Waals surface area contributed by atoms with Crippen LogP contribution in [-0.4, -0.2) is 18.0 Å². The standard InChI is InChI=1S/C10H14O2/c1-6(2)10(11)8-5-7-3-4-9(8)12-7/h7-9H,1,3-5H2,2H3. The zero-order valence-corrected chi connectivity index (χ0v) is 7.38. The van der Waals surface area contributed by atoms with Gasteiger partial charge in [-0.05, 0) is 31.8 Å². The first-order valence-electron chi connectivity index (χ1n) is 4.53. The van der Waals surface area contributed by atoms with Crippen LogP contribution in [0.2, 0.25) is 0 Å². The van der Waals surface area contributed by atoms with Gasteiger partial charge in [0.1, 0.15) is 0 Å². The van der Waals surface area contributed by atoms with E-state index in [1.165, 1.54) is 0 Å². The number of allylic oxidation sites excluding steroid dienone is 1. The molecule has 0 aromatic heterocycles. The Bertz CT molecular complexity index is 232. The normalized spacial score (nSPS) is 38.6. The Morgan fingerprint density at radius 3 is 2.67 bits per heavy atom. The van der Waals surface area contributed by atoms with Gasteiger partial charge in [-0.25, -0.2) is 0 Å². The van der Waals surface area contributed by atoms with Gasteiger partial charge < -0.3 is 4.74 Å². The molecule has 0 aliphatic carbocycles. The van der Waals surface area contributed by atoms with Crippen molar-refractivity contribution in [3.05, 3.63) is 12.2 Å². The van der Waals surface area contributed by atoms with E-state index in [2.05, 4.69) is 6.58 Å². The average Bonchev–Trinajstić information content (AvgIpc) is 2.62. The Labute approximate surface area is 72.6 Å². The average molecular weight is 166 g/mol.